The maximum absolute atomic E-state index is 5.58. The van der Waals surface area contributed by atoms with E-state index in [0.717, 1.165) is 82.7 Å². The first-order valence-corrected chi connectivity index (χ1v) is 25.4. The standard InChI is InChI=1S/C66H44N8/c1-65-39-18-17-36-60(65)66(43-21-3-2-4-22-43,51-28-9-8-27-50(51)65)44-23-19-20-42(40-44)61-68-62(72-53-30-11-5-24-46(53)47-25-6-12-31-54(47)72)70-63(69-61)73-55-32-13-7-26-48(55)49-41-45(37-38-56(49)73)71-58-34-15-16-35-59(58)74-57-33-14-10-29-52(57)67-64(71)74/h2-41,60H,1H3. The van der Waals surface area contributed by atoms with Gasteiger partial charge >= 0.3 is 0 Å². The van der Waals surface area contributed by atoms with Crippen molar-refractivity contribution in [2.75, 3.05) is 0 Å². The number of benzene rings is 9. The zero-order valence-corrected chi connectivity index (χ0v) is 40.2. The van der Waals surface area contributed by atoms with Crippen LogP contribution in [0.5, 0.6) is 0 Å². The first kappa shape index (κ1) is 41.0. The predicted molar refractivity (Wildman–Crippen MR) is 299 cm³/mol. The van der Waals surface area contributed by atoms with Gasteiger partial charge in [0.25, 0.3) is 0 Å². The van der Waals surface area contributed by atoms with Crippen LogP contribution in [-0.2, 0) is 10.8 Å². The molecule has 0 saturated heterocycles. The third-order valence-corrected chi connectivity index (χ3v) is 16.3. The Hall–Kier alpha value is -9.66. The predicted octanol–water partition coefficient (Wildman–Crippen LogP) is 14.8. The number of hydrogen-bond donors (Lipinski definition) is 0. The Labute approximate surface area is 425 Å². The zero-order valence-electron chi connectivity index (χ0n) is 40.2. The molecule has 0 bridgehead atoms. The van der Waals surface area contributed by atoms with Crippen molar-refractivity contribution in [3.8, 4) is 29.0 Å². The van der Waals surface area contributed by atoms with Gasteiger partial charge in [-0.15, -0.1) is 0 Å². The lowest BCUT2D eigenvalue weighted by Crippen LogP contribution is -2.40. The van der Waals surface area contributed by atoms with Crippen LogP contribution in [0.25, 0.3) is 100 Å². The monoisotopic (exact) mass is 948 g/mol. The van der Waals surface area contributed by atoms with Gasteiger partial charge in [-0.1, -0.05) is 183 Å². The van der Waals surface area contributed by atoms with Gasteiger partial charge in [-0.2, -0.15) is 15.0 Å². The molecule has 14 aromatic rings. The molecule has 3 atom stereocenters. The second kappa shape index (κ2) is 15.2. The van der Waals surface area contributed by atoms with E-state index in [2.05, 4.69) is 268 Å². The second-order valence-electron chi connectivity index (χ2n) is 20.0. The number of nitrogens with zero attached hydrogens (tertiary/aromatic N) is 8. The van der Waals surface area contributed by atoms with Crippen LogP contribution in [0.15, 0.2) is 243 Å². The zero-order chi connectivity index (χ0) is 48.7. The fourth-order valence-corrected chi connectivity index (χ4v) is 13.2. The van der Waals surface area contributed by atoms with E-state index in [-0.39, 0.29) is 11.3 Å². The molecule has 0 aliphatic heterocycles. The summed E-state index contributed by atoms with van der Waals surface area (Å²) in [6.45, 7) is 2.40. The van der Waals surface area contributed by atoms with E-state index in [1.165, 1.54) is 22.3 Å². The molecule has 0 fully saturated rings. The molecular formula is C66H44N8. The van der Waals surface area contributed by atoms with Crippen molar-refractivity contribution in [3.63, 3.8) is 0 Å². The van der Waals surface area contributed by atoms with Crippen molar-refractivity contribution in [2.45, 2.75) is 17.8 Å². The maximum atomic E-state index is 5.58. The lowest BCUT2D eigenvalue weighted by molar-refractivity contribution is 0.366. The van der Waals surface area contributed by atoms with E-state index >= 15 is 0 Å². The Morgan fingerprint density at radius 1 is 0.405 bits per heavy atom. The third-order valence-electron chi connectivity index (χ3n) is 16.3. The molecule has 348 valence electrons. The molecule has 8 heteroatoms. The van der Waals surface area contributed by atoms with E-state index < -0.39 is 5.41 Å². The molecule has 0 radical (unpaired) electrons. The Morgan fingerprint density at radius 2 is 0.973 bits per heavy atom. The van der Waals surface area contributed by atoms with Crippen LogP contribution in [0.4, 0.5) is 0 Å². The van der Waals surface area contributed by atoms with Crippen LogP contribution >= 0.6 is 0 Å². The van der Waals surface area contributed by atoms with Gasteiger partial charge in [-0.3, -0.25) is 18.1 Å². The van der Waals surface area contributed by atoms with Gasteiger partial charge in [-0.05, 0) is 89.0 Å². The van der Waals surface area contributed by atoms with E-state index in [9.17, 15) is 0 Å². The van der Waals surface area contributed by atoms with Crippen molar-refractivity contribution >= 4 is 71.5 Å². The van der Waals surface area contributed by atoms with Gasteiger partial charge in [0.2, 0.25) is 17.7 Å². The Morgan fingerprint density at radius 3 is 1.69 bits per heavy atom. The van der Waals surface area contributed by atoms with E-state index in [1.54, 1.807) is 0 Å². The van der Waals surface area contributed by atoms with Crippen LogP contribution in [0.3, 0.4) is 0 Å². The van der Waals surface area contributed by atoms with Gasteiger partial charge in [0.05, 0.1) is 49.5 Å². The van der Waals surface area contributed by atoms with Gasteiger partial charge in [0.15, 0.2) is 5.82 Å². The molecule has 8 nitrogen and oxygen atoms in total. The minimum Gasteiger partial charge on any atom is -0.278 e. The summed E-state index contributed by atoms with van der Waals surface area (Å²) in [6, 6.07) is 78.4. The second-order valence-corrected chi connectivity index (χ2v) is 20.0. The van der Waals surface area contributed by atoms with Crippen molar-refractivity contribution in [3.05, 3.63) is 265 Å². The normalized spacial score (nSPS) is 18.2. The topological polar surface area (TPSA) is 70.8 Å². The average Bonchev–Trinajstić information content (AvgIpc) is 4.28. The quantitative estimate of drug-likeness (QED) is 0.166. The molecule has 74 heavy (non-hydrogen) atoms. The number of imidazole rings is 2. The van der Waals surface area contributed by atoms with Gasteiger partial charge < -0.3 is 0 Å². The number of aromatic nitrogens is 8. The fraction of sp³-hybridized carbons (Fsp3) is 0.0606. The first-order valence-electron chi connectivity index (χ1n) is 25.4. The lowest BCUT2D eigenvalue weighted by Gasteiger charge is -2.42. The van der Waals surface area contributed by atoms with Crippen LogP contribution in [0.2, 0.25) is 0 Å². The molecule has 5 aromatic heterocycles. The van der Waals surface area contributed by atoms with Crippen molar-refractivity contribution < 1.29 is 0 Å². The smallest absolute Gasteiger partial charge is 0.240 e. The summed E-state index contributed by atoms with van der Waals surface area (Å²) in [7, 11) is 0. The molecule has 9 aromatic carbocycles. The highest BCUT2D eigenvalue weighted by atomic mass is 15.3. The first-order chi connectivity index (χ1) is 36.6. The Balaban J connectivity index is 0.957. The summed E-state index contributed by atoms with van der Waals surface area (Å²) < 4.78 is 8.97. The number of hydrogen-bond acceptors (Lipinski definition) is 4. The number of rotatable bonds is 6. The van der Waals surface area contributed by atoms with Crippen molar-refractivity contribution in [1.82, 2.24) is 38.0 Å². The number of allylic oxidation sites excluding steroid dienone is 4. The fourth-order valence-electron chi connectivity index (χ4n) is 13.2. The van der Waals surface area contributed by atoms with Gasteiger partial charge in [0, 0.05) is 44.1 Å². The van der Waals surface area contributed by atoms with Crippen LogP contribution < -0.4 is 0 Å². The molecule has 16 rings (SSSR count). The molecule has 2 aliphatic rings. The average molecular weight is 949 g/mol. The van der Waals surface area contributed by atoms with Crippen LogP contribution in [-0.4, -0.2) is 38.0 Å². The molecule has 2 aliphatic carbocycles. The Kier molecular flexibility index (Phi) is 8.41. The van der Waals surface area contributed by atoms with Gasteiger partial charge in [0.1, 0.15) is 0 Å². The highest BCUT2D eigenvalue weighted by Crippen LogP contribution is 2.62. The summed E-state index contributed by atoms with van der Waals surface area (Å²) in [4.78, 5) is 21.9. The highest BCUT2D eigenvalue weighted by Gasteiger charge is 2.58. The van der Waals surface area contributed by atoms with Crippen molar-refractivity contribution in [2.24, 2.45) is 5.92 Å². The number of para-hydroxylation sites is 7. The highest BCUT2D eigenvalue weighted by molar-refractivity contribution is 6.11. The maximum Gasteiger partial charge on any atom is 0.240 e. The molecule has 0 N–H and O–H groups in total. The summed E-state index contributed by atoms with van der Waals surface area (Å²) in [5.41, 5.74) is 14.5. The SMILES string of the molecule is CC12C=CC=CC1C(c1ccccc1)(c1cccc(-c3nc(-n4c5ccccc5c5ccccc54)nc(-n4c5ccccc5c5cc(-n6c7ccccc7n7c8ccccc8nc67)ccc54)n3)c1)c1ccccc12. The molecule has 3 unspecified atom stereocenters. The van der Waals surface area contributed by atoms with Gasteiger partial charge in [-0.25, -0.2) is 4.98 Å². The summed E-state index contributed by atoms with van der Waals surface area (Å²) in [5.74, 6) is 2.63. The minimum absolute atomic E-state index is 0.104. The summed E-state index contributed by atoms with van der Waals surface area (Å²) in [6.07, 6.45) is 9.26. The minimum atomic E-state index is -0.514. The molecule has 0 spiro atoms. The van der Waals surface area contributed by atoms with Crippen molar-refractivity contribution in [1.29, 1.82) is 0 Å². The van der Waals surface area contributed by atoms with Crippen LogP contribution in [0, 0.1) is 5.92 Å². The third kappa shape index (κ3) is 5.46. The largest absolute Gasteiger partial charge is 0.278 e. The Bertz CT molecular complexity index is 4670. The van der Waals surface area contributed by atoms with E-state index in [1.807, 2.05) is 0 Å². The molecular weight excluding hydrogens is 905 g/mol. The number of fused-ring (bicyclic) bond motifs is 14. The molecule has 0 amide bonds. The van der Waals surface area contributed by atoms with E-state index in [0.29, 0.717) is 17.7 Å². The van der Waals surface area contributed by atoms with Crippen LogP contribution in [0.1, 0.15) is 29.2 Å². The molecule has 0 saturated carbocycles. The lowest BCUT2D eigenvalue weighted by atomic mass is 9.60. The summed E-state index contributed by atoms with van der Waals surface area (Å²) in [5, 5.41) is 4.44. The summed E-state index contributed by atoms with van der Waals surface area (Å²) >= 11 is 0. The van der Waals surface area contributed by atoms with E-state index in [4.69, 9.17) is 19.9 Å². The molecule has 5 heterocycles.